The third-order valence-corrected chi connectivity index (χ3v) is 5.21. The van der Waals surface area contributed by atoms with Crippen molar-refractivity contribution in [3.63, 3.8) is 0 Å². The van der Waals surface area contributed by atoms with Crippen LogP contribution in [-0.2, 0) is 16.6 Å². The fourth-order valence-corrected chi connectivity index (χ4v) is 3.60. The zero-order valence-electron chi connectivity index (χ0n) is 14.1. The van der Waals surface area contributed by atoms with Crippen molar-refractivity contribution in [3.8, 4) is 17.2 Å². The third kappa shape index (κ3) is 3.73. The van der Waals surface area contributed by atoms with Gasteiger partial charge in [0.25, 0.3) is 5.89 Å². The van der Waals surface area contributed by atoms with Crippen LogP contribution in [-0.4, -0.2) is 25.7 Å². The van der Waals surface area contributed by atoms with E-state index in [9.17, 15) is 12.8 Å². The van der Waals surface area contributed by atoms with Gasteiger partial charge in [-0.1, -0.05) is 12.1 Å². The molecule has 0 saturated heterocycles. The van der Waals surface area contributed by atoms with Crippen LogP contribution in [0.1, 0.15) is 11.5 Å². The van der Waals surface area contributed by atoms with E-state index in [1.165, 1.54) is 20.1 Å². The van der Waals surface area contributed by atoms with Gasteiger partial charge in [-0.3, -0.25) is 0 Å². The molecule has 1 aromatic heterocycles. The van der Waals surface area contributed by atoms with Crippen LogP contribution in [0, 0.1) is 12.7 Å². The first kappa shape index (κ1) is 18.0. The highest BCUT2D eigenvalue weighted by molar-refractivity contribution is 7.89. The second-order valence-corrected chi connectivity index (χ2v) is 7.17. The van der Waals surface area contributed by atoms with Crippen LogP contribution in [0.15, 0.2) is 51.8 Å². The molecular formula is C17H16FN3O4S. The lowest BCUT2D eigenvalue weighted by Crippen LogP contribution is -2.24. The molecule has 2 aromatic carbocycles. The lowest BCUT2D eigenvalue weighted by Gasteiger charge is -2.07. The zero-order valence-corrected chi connectivity index (χ0v) is 14.9. The fourth-order valence-electron chi connectivity index (χ4n) is 2.40. The van der Waals surface area contributed by atoms with E-state index in [-0.39, 0.29) is 23.2 Å². The summed E-state index contributed by atoms with van der Waals surface area (Å²) in [4.78, 5) is -0.0108. The first-order valence-electron chi connectivity index (χ1n) is 7.62. The Morgan fingerprint density at radius 1 is 1.19 bits per heavy atom. The number of aromatic nitrogens is 2. The minimum Gasteiger partial charge on any atom is -0.496 e. The molecule has 3 aromatic rings. The number of methoxy groups -OCH3 is 1. The maximum absolute atomic E-state index is 13.2. The number of sulfonamides is 1. The van der Waals surface area contributed by atoms with Crippen LogP contribution < -0.4 is 9.46 Å². The molecule has 26 heavy (non-hydrogen) atoms. The van der Waals surface area contributed by atoms with Crippen molar-refractivity contribution in [3.05, 3.63) is 59.7 Å². The van der Waals surface area contributed by atoms with Gasteiger partial charge in [-0.15, -0.1) is 10.2 Å². The average Bonchev–Trinajstić information content (AvgIpc) is 3.08. The Balaban J connectivity index is 1.77. The molecule has 3 rings (SSSR count). The second kappa shape index (κ2) is 7.22. The van der Waals surface area contributed by atoms with Crippen LogP contribution in [0.25, 0.3) is 11.5 Å². The Morgan fingerprint density at radius 2 is 1.96 bits per heavy atom. The molecule has 0 aliphatic rings. The minimum absolute atomic E-state index is 0.0108. The predicted octanol–water partition coefficient (Wildman–Crippen LogP) is 2.67. The third-order valence-electron chi connectivity index (χ3n) is 3.64. The standard InChI is InChI=1S/C17H16FN3O4S/c1-11-9-12(18)7-8-15(11)26(22,23)19-10-16-20-21-17(25-16)13-5-3-4-6-14(13)24-2/h3-9,19H,10H2,1-2H3. The first-order valence-corrected chi connectivity index (χ1v) is 9.10. The van der Waals surface area contributed by atoms with Gasteiger partial charge in [0.05, 0.1) is 24.1 Å². The molecule has 0 unspecified atom stereocenters. The van der Waals surface area contributed by atoms with Crippen molar-refractivity contribution in [1.29, 1.82) is 0 Å². The summed E-state index contributed by atoms with van der Waals surface area (Å²) in [6, 6.07) is 10.6. The van der Waals surface area contributed by atoms with Gasteiger partial charge < -0.3 is 9.15 Å². The van der Waals surface area contributed by atoms with Crippen LogP contribution in [0.4, 0.5) is 4.39 Å². The van der Waals surface area contributed by atoms with E-state index in [1.54, 1.807) is 24.3 Å². The summed E-state index contributed by atoms with van der Waals surface area (Å²) >= 11 is 0. The monoisotopic (exact) mass is 377 g/mol. The smallest absolute Gasteiger partial charge is 0.251 e. The van der Waals surface area contributed by atoms with Gasteiger partial charge in [-0.25, -0.2) is 17.5 Å². The van der Waals surface area contributed by atoms with E-state index in [0.717, 1.165) is 12.1 Å². The Kier molecular flexibility index (Phi) is 5.01. The number of hydrogen-bond donors (Lipinski definition) is 1. The lowest BCUT2D eigenvalue weighted by molar-refractivity contribution is 0.413. The Morgan fingerprint density at radius 3 is 2.69 bits per heavy atom. The summed E-state index contributed by atoms with van der Waals surface area (Å²) in [6.07, 6.45) is 0. The highest BCUT2D eigenvalue weighted by Gasteiger charge is 2.19. The van der Waals surface area contributed by atoms with Crippen LogP contribution in [0.5, 0.6) is 5.75 Å². The number of benzene rings is 2. The number of ether oxygens (including phenoxy) is 1. The molecule has 7 nitrogen and oxygen atoms in total. The topological polar surface area (TPSA) is 94.3 Å². The quantitative estimate of drug-likeness (QED) is 0.710. The van der Waals surface area contributed by atoms with E-state index in [4.69, 9.17) is 9.15 Å². The van der Waals surface area contributed by atoms with Crippen LogP contribution in [0.2, 0.25) is 0 Å². The summed E-state index contributed by atoms with van der Waals surface area (Å²) in [5.74, 6) is 0.369. The highest BCUT2D eigenvalue weighted by atomic mass is 32.2. The lowest BCUT2D eigenvalue weighted by atomic mass is 10.2. The number of aryl methyl sites for hydroxylation is 1. The van der Waals surface area contributed by atoms with E-state index >= 15 is 0 Å². The number of nitrogens with one attached hydrogen (secondary N) is 1. The van der Waals surface area contributed by atoms with Crippen molar-refractivity contribution in [1.82, 2.24) is 14.9 Å². The highest BCUT2D eigenvalue weighted by Crippen LogP contribution is 2.28. The minimum atomic E-state index is -3.84. The number of nitrogens with zero attached hydrogens (tertiary/aromatic N) is 2. The van der Waals surface area contributed by atoms with Gasteiger partial charge in [0.1, 0.15) is 11.6 Å². The summed E-state index contributed by atoms with van der Waals surface area (Å²) in [5.41, 5.74) is 0.906. The van der Waals surface area contributed by atoms with E-state index < -0.39 is 15.8 Å². The largest absolute Gasteiger partial charge is 0.496 e. The van der Waals surface area contributed by atoms with Crippen LogP contribution in [0.3, 0.4) is 0 Å². The van der Waals surface area contributed by atoms with Crippen molar-refractivity contribution in [2.45, 2.75) is 18.4 Å². The van der Waals surface area contributed by atoms with Gasteiger partial charge in [0.15, 0.2) is 0 Å². The van der Waals surface area contributed by atoms with E-state index in [2.05, 4.69) is 14.9 Å². The molecule has 136 valence electrons. The normalized spacial score (nSPS) is 11.5. The number of para-hydroxylation sites is 1. The van der Waals surface area contributed by atoms with Crippen molar-refractivity contribution >= 4 is 10.0 Å². The molecule has 0 radical (unpaired) electrons. The van der Waals surface area contributed by atoms with Crippen molar-refractivity contribution in [2.75, 3.05) is 7.11 Å². The average molecular weight is 377 g/mol. The number of halogens is 1. The molecule has 0 fully saturated rings. The van der Waals surface area contributed by atoms with Gasteiger partial charge in [-0.05, 0) is 42.8 Å². The maximum Gasteiger partial charge on any atom is 0.251 e. The summed E-state index contributed by atoms with van der Waals surface area (Å²) in [7, 11) is -2.32. The molecular weight excluding hydrogens is 361 g/mol. The van der Waals surface area contributed by atoms with Crippen LogP contribution >= 0.6 is 0 Å². The van der Waals surface area contributed by atoms with Crippen molar-refractivity contribution in [2.24, 2.45) is 0 Å². The Bertz CT molecular complexity index is 1030. The Labute approximate surface area is 149 Å². The van der Waals surface area contributed by atoms with Gasteiger partial charge in [-0.2, -0.15) is 0 Å². The summed E-state index contributed by atoms with van der Waals surface area (Å²) in [5, 5.41) is 7.76. The summed E-state index contributed by atoms with van der Waals surface area (Å²) < 4.78 is 51.0. The first-order chi connectivity index (χ1) is 12.4. The molecule has 1 N–H and O–H groups in total. The molecule has 0 bridgehead atoms. The van der Waals surface area contributed by atoms with Gasteiger partial charge >= 0.3 is 0 Å². The number of rotatable bonds is 6. The molecule has 0 saturated carbocycles. The fraction of sp³-hybridized carbons (Fsp3) is 0.176. The summed E-state index contributed by atoms with van der Waals surface area (Å²) in [6.45, 7) is 1.32. The molecule has 1 heterocycles. The molecule has 0 amide bonds. The molecule has 0 spiro atoms. The Hall–Kier alpha value is -2.78. The van der Waals surface area contributed by atoms with E-state index in [0.29, 0.717) is 16.9 Å². The zero-order chi connectivity index (χ0) is 18.7. The second-order valence-electron chi connectivity index (χ2n) is 5.44. The maximum atomic E-state index is 13.2. The predicted molar refractivity (Wildman–Crippen MR) is 91.4 cm³/mol. The molecule has 9 heteroatoms. The van der Waals surface area contributed by atoms with E-state index in [1.807, 2.05) is 0 Å². The van der Waals surface area contributed by atoms with Gasteiger partial charge in [0.2, 0.25) is 15.9 Å². The van der Waals surface area contributed by atoms with Crippen molar-refractivity contribution < 1.29 is 22.0 Å². The molecule has 0 aliphatic heterocycles. The molecule has 0 aliphatic carbocycles. The SMILES string of the molecule is COc1ccccc1-c1nnc(CNS(=O)(=O)c2ccc(F)cc2C)o1. The molecule has 0 atom stereocenters. The number of hydrogen-bond acceptors (Lipinski definition) is 6. The van der Waals surface area contributed by atoms with Gasteiger partial charge in [0, 0.05) is 0 Å².